The lowest BCUT2D eigenvalue weighted by molar-refractivity contribution is -0.120. The molecule has 0 unspecified atom stereocenters. The van der Waals surface area contributed by atoms with Gasteiger partial charge in [-0.05, 0) is 25.0 Å². The molecule has 0 bridgehead atoms. The minimum absolute atomic E-state index is 0.0208. The predicted molar refractivity (Wildman–Crippen MR) is 80.6 cm³/mol. The van der Waals surface area contributed by atoms with Crippen molar-refractivity contribution in [1.82, 2.24) is 10.6 Å². The topological polar surface area (TPSA) is 58.2 Å². The second kappa shape index (κ2) is 8.35. The molecule has 1 rings (SSSR count). The molecule has 4 nitrogen and oxygen atoms in total. The second-order valence-electron chi connectivity index (χ2n) is 5.04. The molecule has 0 aliphatic carbocycles. The fraction of sp³-hybridized carbons (Fsp3) is 0.500. The zero-order valence-electron chi connectivity index (χ0n) is 12.5. The van der Waals surface area contributed by atoms with Crippen LogP contribution in [0.3, 0.4) is 0 Å². The molecule has 0 saturated heterocycles. The average molecular weight is 276 g/mol. The van der Waals surface area contributed by atoms with Crippen molar-refractivity contribution in [2.75, 3.05) is 13.1 Å². The first-order valence-corrected chi connectivity index (χ1v) is 7.18. The molecule has 0 saturated carbocycles. The lowest BCUT2D eigenvalue weighted by atomic mass is 10.0. The summed E-state index contributed by atoms with van der Waals surface area (Å²) in [5.41, 5.74) is 1.61. The maximum Gasteiger partial charge on any atom is 0.251 e. The summed E-state index contributed by atoms with van der Waals surface area (Å²) in [5.74, 6) is 0.149. The van der Waals surface area contributed by atoms with Gasteiger partial charge in [-0.3, -0.25) is 9.59 Å². The van der Waals surface area contributed by atoms with E-state index in [9.17, 15) is 9.59 Å². The van der Waals surface area contributed by atoms with E-state index < -0.39 is 0 Å². The van der Waals surface area contributed by atoms with Gasteiger partial charge in [0.15, 0.2) is 0 Å². The van der Waals surface area contributed by atoms with Crippen LogP contribution in [-0.2, 0) is 4.79 Å². The monoisotopic (exact) mass is 276 g/mol. The Morgan fingerprint density at radius 2 is 1.85 bits per heavy atom. The van der Waals surface area contributed by atoms with Crippen molar-refractivity contribution >= 4 is 11.8 Å². The third-order valence-electron chi connectivity index (χ3n) is 3.43. The third kappa shape index (κ3) is 5.43. The van der Waals surface area contributed by atoms with Gasteiger partial charge in [0, 0.05) is 12.1 Å². The third-order valence-corrected chi connectivity index (χ3v) is 3.43. The van der Waals surface area contributed by atoms with Crippen molar-refractivity contribution in [3.8, 4) is 0 Å². The van der Waals surface area contributed by atoms with Crippen molar-refractivity contribution < 1.29 is 9.59 Å². The van der Waals surface area contributed by atoms with Gasteiger partial charge < -0.3 is 10.6 Å². The van der Waals surface area contributed by atoms with E-state index in [0.717, 1.165) is 18.4 Å². The Morgan fingerprint density at radius 1 is 1.15 bits per heavy atom. The van der Waals surface area contributed by atoms with Crippen LogP contribution >= 0.6 is 0 Å². The van der Waals surface area contributed by atoms with E-state index in [1.54, 1.807) is 12.1 Å². The highest BCUT2D eigenvalue weighted by atomic mass is 16.2. The molecule has 2 N–H and O–H groups in total. The standard InChI is InChI=1S/C16H24N2O2/c1-4-13(5-2)10-17-15(19)11-18-16(20)14-8-6-7-12(3)9-14/h6-9,13H,4-5,10-11H2,1-3H3,(H,17,19)(H,18,20). The molecule has 0 aliphatic rings. The molecule has 0 radical (unpaired) electrons. The van der Waals surface area contributed by atoms with E-state index in [-0.39, 0.29) is 18.4 Å². The summed E-state index contributed by atoms with van der Waals surface area (Å²) in [4.78, 5) is 23.5. The Kier molecular flexibility index (Phi) is 6.77. The highest BCUT2D eigenvalue weighted by Gasteiger charge is 2.09. The molecule has 0 aliphatic heterocycles. The number of aryl methyl sites for hydroxylation is 1. The molecule has 1 aromatic rings. The highest BCUT2D eigenvalue weighted by molar-refractivity contribution is 5.96. The maximum absolute atomic E-state index is 11.9. The van der Waals surface area contributed by atoms with Crippen LogP contribution in [0, 0.1) is 12.8 Å². The van der Waals surface area contributed by atoms with Gasteiger partial charge in [-0.1, -0.05) is 44.4 Å². The van der Waals surface area contributed by atoms with Gasteiger partial charge in [0.25, 0.3) is 5.91 Å². The summed E-state index contributed by atoms with van der Waals surface area (Å²) < 4.78 is 0. The first kappa shape index (κ1) is 16.2. The Balaban J connectivity index is 2.35. The number of benzene rings is 1. The normalized spacial score (nSPS) is 10.4. The summed E-state index contributed by atoms with van der Waals surface area (Å²) in [6.45, 7) is 6.85. The first-order valence-electron chi connectivity index (χ1n) is 7.18. The van der Waals surface area contributed by atoms with E-state index in [2.05, 4.69) is 24.5 Å². The van der Waals surface area contributed by atoms with Gasteiger partial charge in [-0.2, -0.15) is 0 Å². The van der Waals surface area contributed by atoms with Gasteiger partial charge in [0.2, 0.25) is 5.91 Å². The lowest BCUT2D eigenvalue weighted by Gasteiger charge is -2.13. The van der Waals surface area contributed by atoms with Crippen molar-refractivity contribution in [3.63, 3.8) is 0 Å². The molecule has 0 heterocycles. The fourth-order valence-electron chi connectivity index (χ4n) is 1.95. The zero-order chi connectivity index (χ0) is 15.0. The average Bonchev–Trinajstić information content (AvgIpc) is 2.45. The molecule has 4 heteroatoms. The quantitative estimate of drug-likeness (QED) is 0.802. The highest BCUT2D eigenvalue weighted by Crippen LogP contribution is 2.05. The molecule has 0 aromatic heterocycles. The molecule has 1 aromatic carbocycles. The van der Waals surface area contributed by atoms with Gasteiger partial charge in [-0.15, -0.1) is 0 Å². The molecular weight excluding hydrogens is 252 g/mol. The molecule has 2 amide bonds. The summed E-state index contributed by atoms with van der Waals surface area (Å²) >= 11 is 0. The lowest BCUT2D eigenvalue weighted by Crippen LogP contribution is -2.38. The van der Waals surface area contributed by atoms with E-state index in [0.29, 0.717) is 18.0 Å². The number of hydrogen-bond acceptors (Lipinski definition) is 2. The number of rotatable bonds is 7. The van der Waals surface area contributed by atoms with Gasteiger partial charge in [0.05, 0.1) is 6.54 Å². The van der Waals surface area contributed by atoms with Gasteiger partial charge in [-0.25, -0.2) is 0 Å². The second-order valence-corrected chi connectivity index (χ2v) is 5.04. The van der Waals surface area contributed by atoms with Gasteiger partial charge >= 0.3 is 0 Å². The summed E-state index contributed by atoms with van der Waals surface area (Å²) in [6.07, 6.45) is 2.10. The van der Waals surface area contributed by atoms with Crippen LogP contribution in [0.1, 0.15) is 42.6 Å². The molecule has 0 atom stereocenters. The van der Waals surface area contributed by atoms with Crippen LogP contribution in [0.2, 0.25) is 0 Å². The molecule has 20 heavy (non-hydrogen) atoms. The van der Waals surface area contributed by atoms with Crippen molar-refractivity contribution in [1.29, 1.82) is 0 Å². The van der Waals surface area contributed by atoms with E-state index in [4.69, 9.17) is 0 Å². The van der Waals surface area contributed by atoms with E-state index in [1.165, 1.54) is 0 Å². The minimum Gasteiger partial charge on any atom is -0.354 e. The van der Waals surface area contributed by atoms with Crippen LogP contribution in [0.5, 0.6) is 0 Å². The minimum atomic E-state index is -0.216. The number of nitrogens with one attached hydrogen (secondary N) is 2. The van der Waals surface area contributed by atoms with Crippen molar-refractivity contribution in [2.45, 2.75) is 33.6 Å². The Morgan fingerprint density at radius 3 is 2.45 bits per heavy atom. The molecular formula is C16H24N2O2. The molecule has 110 valence electrons. The summed E-state index contributed by atoms with van der Waals surface area (Å²) in [5, 5.41) is 5.48. The summed E-state index contributed by atoms with van der Waals surface area (Å²) in [6, 6.07) is 7.30. The SMILES string of the molecule is CCC(CC)CNC(=O)CNC(=O)c1cccc(C)c1. The number of carbonyl (C=O) groups excluding carboxylic acids is 2. The Hall–Kier alpha value is -1.84. The smallest absolute Gasteiger partial charge is 0.251 e. The van der Waals surface area contributed by atoms with Crippen LogP contribution in [-0.4, -0.2) is 24.9 Å². The number of hydrogen-bond donors (Lipinski definition) is 2. The maximum atomic E-state index is 11.9. The van der Waals surface area contributed by atoms with Crippen LogP contribution < -0.4 is 10.6 Å². The largest absolute Gasteiger partial charge is 0.354 e. The van der Waals surface area contributed by atoms with E-state index in [1.807, 2.05) is 19.1 Å². The Labute approximate surface area is 121 Å². The van der Waals surface area contributed by atoms with Crippen LogP contribution in [0.4, 0.5) is 0 Å². The predicted octanol–water partition coefficient (Wildman–Crippen LogP) is 2.28. The van der Waals surface area contributed by atoms with Crippen molar-refractivity contribution in [3.05, 3.63) is 35.4 Å². The number of carbonyl (C=O) groups is 2. The first-order chi connectivity index (χ1) is 9.56. The van der Waals surface area contributed by atoms with Gasteiger partial charge in [0.1, 0.15) is 0 Å². The van der Waals surface area contributed by atoms with Crippen molar-refractivity contribution in [2.24, 2.45) is 5.92 Å². The Bertz CT molecular complexity index is 454. The fourth-order valence-corrected chi connectivity index (χ4v) is 1.95. The van der Waals surface area contributed by atoms with Crippen LogP contribution in [0.25, 0.3) is 0 Å². The van der Waals surface area contributed by atoms with Crippen LogP contribution in [0.15, 0.2) is 24.3 Å². The van der Waals surface area contributed by atoms with E-state index >= 15 is 0 Å². The number of amides is 2. The summed E-state index contributed by atoms with van der Waals surface area (Å²) in [7, 11) is 0. The zero-order valence-corrected chi connectivity index (χ0v) is 12.5. The molecule has 0 spiro atoms. The molecule has 0 fully saturated rings.